The summed E-state index contributed by atoms with van der Waals surface area (Å²) in [6.07, 6.45) is 4.33. The van der Waals surface area contributed by atoms with E-state index in [9.17, 15) is 5.11 Å². The molecule has 1 saturated heterocycles. The van der Waals surface area contributed by atoms with Crippen LogP contribution in [0.1, 0.15) is 44.3 Å². The Hall–Kier alpha value is -0.570. The van der Waals surface area contributed by atoms with E-state index in [-0.39, 0.29) is 0 Å². The summed E-state index contributed by atoms with van der Waals surface area (Å²) >= 11 is 5.95. The van der Waals surface area contributed by atoms with Gasteiger partial charge in [-0.15, -0.1) is 0 Å². The molecule has 1 aliphatic heterocycles. The molecule has 1 N–H and O–H groups in total. The summed E-state index contributed by atoms with van der Waals surface area (Å²) in [6.45, 7) is 5.63. The molecule has 1 heterocycles. The van der Waals surface area contributed by atoms with E-state index in [0.717, 1.165) is 24.4 Å². The standard InChI is InChI=1S/C16H24ClNO/c1-2-4-13-7-9-18(12-13)10-8-16(19)14-5-3-6-15(17)11-14/h3,5-6,11,13,16,19H,2,4,7-10,12H2,1H3. The molecule has 1 aromatic carbocycles. The van der Waals surface area contributed by atoms with Crippen molar-refractivity contribution in [2.24, 2.45) is 5.92 Å². The van der Waals surface area contributed by atoms with Crippen molar-refractivity contribution in [2.45, 2.75) is 38.7 Å². The fourth-order valence-corrected chi connectivity index (χ4v) is 3.14. The number of rotatable bonds is 6. The quantitative estimate of drug-likeness (QED) is 0.855. The van der Waals surface area contributed by atoms with E-state index in [4.69, 9.17) is 11.6 Å². The largest absolute Gasteiger partial charge is 0.388 e. The maximum Gasteiger partial charge on any atom is 0.0802 e. The van der Waals surface area contributed by atoms with Crippen LogP contribution in [-0.4, -0.2) is 29.6 Å². The number of likely N-dealkylation sites (tertiary alicyclic amines) is 1. The molecule has 1 aliphatic rings. The minimum atomic E-state index is -0.399. The van der Waals surface area contributed by atoms with Crippen molar-refractivity contribution in [1.29, 1.82) is 0 Å². The third-order valence-corrected chi connectivity index (χ3v) is 4.25. The first-order chi connectivity index (χ1) is 9.19. The van der Waals surface area contributed by atoms with Gasteiger partial charge in [0, 0.05) is 18.1 Å². The molecule has 1 fully saturated rings. The Morgan fingerprint density at radius 1 is 1.47 bits per heavy atom. The monoisotopic (exact) mass is 281 g/mol. The molecule has 19 heavy (non-hydrogen) atoms. The molecule has 2 rings (SSSR count). The Balaban J connectivity index is 1.76. The minimum absolute atomic E-state index is 0.399. The van der Waals surface area contributed by atoms with Crippen LogP contribution in [0.25, 0.3) is 0 Å². The average molecular weight is 282 g/mol. The van der Waals surface area contributed by atoms with Crippen molar-refractivity contribution >= 4 is 11.6 Å². The molecule has 3 heteroatoms. The van der Waals surface area contributed by atoms with Crippen molar-refractivity contribution in [2.75, 3.05) is 19.6 Å². The third kappa shape index (κ3) is 4.48. The third-order valence-electron chi connectivity index (χ3n) is 4.02. The number of aliphatic hydroxyl groups is 1. The van der Waals surface area contributed by atoms with Gasteiger partial charge in [-0.3, -0.25) is 0 Å². The van der Waals surface area contributed by atoms with E-state index in [1.54, 1.807) is 0 Å². The zero-order valence-corrected chi connectivity index (χ0v) is 12.4. The minimum Gasteiger partial charge on any atom is -0.388 e. The van der Waals surface area contributed by atoms with Gasteiger partial charge in [0.2, 0.25) is 0 Å². The summed E-state index contributed by atoms with van der Waals surface area (Å²) in [4.78, 5) is 2.48. The lowest BCUT2D eigenvalue weighted by Gasteiger charge is -2.18. The van der Waals surface area contributed by atoms with Crippen LogP contribution in [0.2, 0.25) is 5.02 Å². The second-order valence-corrected chi connectivity index (χ2v) is 6.04. The van der Waals surface area contributed by atoms with E-state index in [1.165, 1.54) is 32.4 Å². The summed E-state index contributed by atoms with van der Waals surface area (Å²) in [5.41, 5.74) is 0.928. The van der Waals surface area contributed by atoms with Crippen molar-refractivity contribution in [3.63, 3.8) is 0 Å². The van der Waals surface area contributed by atoms with Gasteiger partial charge < -0.3 is 10.0 Å². The first-order valence-corrected chi connectivity index (χ1v) is 7.72. The maximum atomic E-state index is 10.2. The molecule has 0 aromatic heterocycles. The van der Waals surface area contributed by atoms with Crippen molar-refractivity contribution in [3.05, 3.63) is 34.9 Å². The lowest BCUT2D eigenvalue weighted by Crippen LogP contribution is -2.23. The highest BCUT2D eigenvalue weighted by Gasteiger charge is 2.22. The second-order valence-electron chi connectivity index (χ2n) is 5.60. The Morgan fingerprint density at radius 2 is 2.32 bits per heavy atom. The lowest BCUT2D eigenvalue weighted by molar-refractivity contribution is 0.147. The number of hydrogen-bond acceptors (Lipinski definition) is 2. The molecule has 106 valence electrons. The van der Waals surface area contributed by atoms with E-state index >= 15 is 0 Å². The molecular weight excluding hydrogens is 258 g/mol. The van der Waals surface area contributed by atoms with Crippen LogP contribution < -0.4 is 0 Å². The lowest BCUT2D eigenvalue weighted by atomic mass is 10.0. The zero-order chi connectivity index (χ0) is 13.7. The van der Waals surface area contributed by atoms with E-state index in [2.05, 4.69) is 11.8 Å². The predicted octanol–water partition coefficient (Wildman–Crippen LogP) is 3.89. The fraction of sp³-hybridized carbons (Fsp3) is 0.625. The first-order valence-electron chi connectivity index (χ1n) is 7.35. The van der Waals surface area contributed by atoms with Gasteiger partial charge in [0.25, 0.3) is 0 Å². The van der Waals surface area contributed by atoms with Gasteiger partial charge >= 0.3 is 0 Å². The van der Waals surface area contributed by atoms with Crippen LogP contribution in [0.3, 0.4) is 0 Å². The second kappa shape index (κ2) is 7.28. The highest BCUT2D eigenvalue weighted by atomic mass is 35.5. The summed E-state index contributed by atoms with van der Waals surface area (Å²) < 4.78 is 0. The normalized spacial score (nSPS) is 21.7. The number of nitrogens with zero attached hydrogens (tertiary/aromatic N) is 1. The molecule has 0 spiro atoms. The summed E-state index contributed by atoms with van der Waals surface area (Å²) in [6, 6.07) is 7.54. The number of hydrogen-bond donors (Lipinski definition) is 1. The van der Waals surface area contributed by atoms with Gasteiger partial charge in [0.15, 0.2) is 0 Å². The van der Waals surface area contributed by atoms with Crippen molar-refractivity contribution in [3.8, 4) is 0 Å². The number of halogens is 1. The number of benzene rings is 1. The van der Waals surface area contributed by atoms with Crippen LogP contribution in [0, 0.1) is 5.92 Å². The zero-order valence-electron chi connectivity index (χ0n) is 11.7. The van der Waals surface area contributed by atoms with Gasteiger partial charge in [-0.1, -0.05) is 37.1 Å². The first kappa shape index (κ1) is 14.8. The fourth-order valence-electron chi connectivity index (χ4n) is 2.95. The Kier molecular flexibility index (Phi) is 5.68. The van der Waals surface area contributed by atoms with Gasteiger partial charge in [-0.25, -0.2) is 0 Å². The van der Waals surface area contributed by atoms with Gasteiger partial charge in [-0.05, 0) is 49.4 Å². The molecule has 2 nitrogen and oxygen atoms in total. The van der Waals surface area contributed by atoms with Crippen LogP contribution in [0.15, 0.2) is 24.3 Å². The Bertz CT molecular complexity index is 396. The van der Waals surface area contributed by atoms with Gasteiger partial charge in [-0.2, -0.15) is 0 Å². The molecular formula is C16H24ClNO. The number of aliphatic hydroxyl groups excluding tert-OH is 1. The molecule has 0 saturated carbocycles. The Morgan fingerprint density at radius 3 is 3.05 bits per heavy atom. The van der Waals surface area contributed by atoms with E-state index in [1.807, 2.05) is 24.3 Å². The molecule has 0 bridgehead atoms. The van der Waals surface area contributed by atoms with Gasteiger partial charge in [0.05, 0.1) is 6.10 Å². The summed E-state index contributed by atoms with van der Waals surface area (Å²) in [5.74, 6) is 0.869. The van der Waals surface area contributed by atoms with Crippen LogP contribution in [0.4, 0.5) is 0 Å². The topological polar surface area (TPSA) is 23.5 Å². The van der Waals surface area contributed by atoms with E-state index < -0.39 is 6.10 Å². The SMILES string of the molecule is CCCC1CCN(CCC(O)c2cccc(Cl)c2)C1. The molecule has 1 aromatic rings. The highest BCUT2D eigenvalue weighted by molar-refractivity contribution is 6.30. The molecule has 0 radical (unpaired) electrons. The van der Waals surface area contributed by atoms with E-state index in [0.29, 0.717) is 5.02 Å². The molecule has 0 amide bonds. The van der Waals surface area contributed by atoms with Crippen LogP contribution >= 0.6 is 11.6 Å². The smallest absolute Gasteiger partial charge is 0.0802 e. The molecule has 0 aliphatic carbocycles. The average Bonchev–Trinajstić information content (AvgIpc) is 2.84. The summed E-state index contributed by atoms with van der Waals surface area (Å²) in [7, 11) is 0. The Labute approximate surface area is 121 Å². The summed E-state index contributed by atoms with van der Waals surface area (Å²) in [5, 5.41) is 10.9. The maximum absolute atomic E-state index is 10.2. The van der Waals surface area contributed by atoms with Crippen molar-refractivity contribution < 1.29 is 5.11 Å². The van der Waals surface area contributed by atoms with Crippen LogP contribution in [0.5, 0.6) is 0 Å². The van der Waals surface area contributed by atoms with Crippen LogP contribution in [-0.2, 0) is 0 Å². The molecule has 2 atom stereocenters. The molecule has 2 unspecified atom stereocenters. The van der Waals surface area contributed by atoms with Gasteiger partial charge in [0.1, 0.15) is 0 Å². The highest BCUT2D eigenvalue weighted by Crippen LogP contribution is 2.24. The predicted molar refractivity (Wildman–Crippen MR) is 80.5 cm³/mol. The van der Waals surface area contributed by atoms with Crippen molar-refractivity contribution in [1.82, 2.24) is 4.90 Å².